The summed E-state index contributed by atoms with van der Waals surface area (Å²) in [7, 11) is 0. The summed E-state index contributed by atoms with van der Waals surface area (Å²) in [6.45, 7) is 4.11. The molecule has 1 aliphatic heterocycles. The molecule has 0 spiro atoms. The molecule has 0 aliphatic carbocycles. The van der Waals surface area contributed by atoms with Gasteiger partial charge in [0.15, 0.2) is 0 Å². The van der Waals surface area contributed by atoms with Gasteiger partial charge in [-0.2, -0.15) is 5.10 Å². The Morgan fingerprint density at radius 3 is 2.68 bits per heavy atom. The summed E-state index contributed by atoms with van der Waals surface area (Å²) >= 11 is 0. The third-order valence-electron chi connectivity index (χ3n) is 2.65. The summed E-state index contributed by atoms with van der Waals surface area (Å²) in [6, 6.07) is 7.76. The second-order valence-corrected chi connectivity index (χ2v) is 4.14. The van der Waals surface area contributed by atoms with Gasteiger partial charge in [0, 0.05) is 12.8 Å². The van der Waals surface area contributed by atoms with E-state index in [0.717, 1.165) is 17.0 Å². The van der Waals surface area contributed by atoms with E-state index in [1.165, 1.54) is 0 Å². The van der Waals surface area contributed by atoms with Gasteiger partial charge in [-0.05, 0) is 23.8 Å². The number of hydrazone groups is 1. The highest BCUT2D eigenvalue weighted by atomic mass is 16.5. The van der Waals surface area contributed by atoms with Crippen molar-refractivity contribution in [2.75, 3.05) is 6.61 Å². The highest BCUT2D eigenvalue weighted by Crippen LogP contribution is 2.13. The predicted molar refractivity (Wildman–Crippen MR) is 76.0 cm³/mol. The smallest absolute Gasteiger partial charge is 0.240 e. The quantitative estimate of drug-likeness (QED) is 0.823. The fraction of sp³-hybridized carbons (Fsp3) is 0.200. The van der Waals surface area contributed by atoms with Crippen LogP contribution in [0.4, 0.5) is 0 Å². The number of hydrogen-bond acceptors (Lipinski definition) is 3. The van der Waals surface area contributed by atoms with Crippen LogP contribution in [0, 0.1) is 0 Å². The SMILES string of the molecule is C=CCOc1ccc(C=CC2=NNC(=O)CC2)cc1. The van der Waals surface area contributed by atoms with E-state index in [1.807, 2.05) is 36.4 Å². The zero-order valence-corrected chi connectivity index (χ0v) is 10.6. The van der Waals surface area contributed by atoms with Gasteiger partial charge in [0.1, 0.15) is 12.4 Å². The zero-order valence-electron chi connectivity index (χ0n) is 10.6. The first-order chi connectivity index (χ1) is 9.28. The molecule has 1 N–H and O–H groups in total. The molecule has 1 amide bonds. The lowest BCUT2D eigenvalue weighted by atomic mass is 10.1. The molecule has 4 heteroatoms. The van der Waals surface area contributed by atoms with Crippen LogP contribution >= 0.6 is 0 Å². The lowest BCUT2D eigenvalue weighted by Gasteiger charge is -2.08. The summed E-state index contributed by atoms with van der Waals surface area (Å²) in [5, 5.41) is 3.98. The molecule has 1 aliphatic rings. The Bertz CT molecular complexity index is 515. The molecule has 0 fully saturated rings. The van der Waals surface area contributed by atoms with Crippen LogP contribution < -0.4 is 10.2 Å². The van der Waals surface area contributed by atoms with Gasteiger partial charge in [-0.1, -0.05) is 30.9 Å². The van der Waals surface area contributed by atoms with E-state index in [0.29, 0.717) is 19.4 Å². The molecule has 1 heterocycles. The molecule has 2 rings (SSSR count). The molecule has 19 heavy (non-hydrogen) atoms. The van der Waals surface area contributed by atoms with Crippen LogP contribution in [0.5, 0.6) is 5.75 Å². The van der Waals surface area contributed by atoms with Crippen molar-refractivity contribution in [2.24, 2.45) is 5.10 Å². The summed E-state index contributed by atoms with van der Waals surface area (Å²) in [4.78, 5) is 10.9. The second kappa shape index (κ2) is 6.54. The average Bonchev–Trinajstić information content (AvgIpc) is 2.46. The number of nitrogens with zero attached hydrogens (tertiary/aromatic N) is 1. The minimum atomic E-state index is -0.0270. The first-order valence-electron chi connectivity index (χ1n) is 6.15. The number of carbonyl (C=O) groups excluding carboxylic acids is 1. The summed E-state index contributed by atoms with van der Waals surface area (Å²) < 4.78 is 5.40. The molecule has 0 aromatic heterocycles. The van der Waals surface area contributed by atoms with Crippen LogP contribution in [-0.4, -0.2) is 18.2 Å². The van der Waals surface area contributed by atoms with Crippen molar-refractivity contribution in [1.82, 2.24) is 5.43 Å². The van der Waals surface area contributed by atoms with Crippen molar-refractivity contribution >= 4 is 17.7 Å². The number of allylic oxidation sites excluding steroid dienone is 1. The van der Waals surface area contributed by atoms with Crippen molar-refractivity contribution in [3.63, 3.8) is 0 Å². The molecule has 0 radical (unpaired) electrons. The Morgan fingerprint density at radius 2 is 2.05 bits per heavy atom. The first-order valence-corrected chi connectivity index (χ1v) is 6.15. The van der Waals surface area contributed by atoms with E-state index in [1.54, 1.807) is 6.08 Å². The van der Waals surface area contributed by atoms with Gasteiger partial charge >= 0.3 is 0 Å². The van der Waals surface area contributed by atoms with E-state index in [2.05, 4.69) is 17.1 Å². The standard InChI is InChI=1S/C15H16N2O2/c1-2-11-19-14-8-4-12(5-9-14)3-6-13-7-10-15(18)17-16-13/h2-6,8-9H,1,7,10-11H2,(H,17,18). The lowest BCUT2D eigenvalue weighted by Crippen LogP contribution is -2.24. The van der Waals surface area contributed by atoms with E-state index in [9.17, 15) is 4.79 Å². The first kappa shape index (κ1) is 13.1. The minimum Gasteiger partial charge on any atom is -0.490 e. The Kier molecular flexibility index (Phi) is 4.50. The van der Waals surface area contributed by atoms with E-state index in [-0.39, 0.29) is 5.91 Å². The normalized spacial score (nSPS) is 14.9. The molecule has 4 nitrogen and oxygen atoms in total. The highest BCUT2D eigenvalue weighted by molar-refractivity contribution is 6.02. The van der Waals surface area contributed by atoms with E-state index >= 15 is 0 Å². The maximum absolute atomic E-state index is 10.9. The summed E-state index contributed by atoms with van der Waals surface area (Å²) in [6.07, 6.45) is 6.77. The number of benzene rings is 1. The number of rotatable bonds is 5. The van der Waals surface area contributed by atoms with Gasteiger partial charge in [0.25, 0.3) is 0 Å². The summed E-state index contributed by atoms with van der Waals surface area (Å²) in [5.74, 6) is 0.792. The zero-order chi connectivity index (χ0) is 13.5. The molecule has 1 aromatic rings. The van der Waals surface area contributed by atoms with Crippen LogP contribution in [0.3, 0.4) is 0 Å². The Hall–Kier alpha value is -2.36. The molecule has 98 valence electrons. The van der Waals surface area contributed by atoms with Gasteiger partial charge in [-0.25, -0.2) is 5.43 Å². The molecule has 0 saturated heterocycles. The van der Waals surface area contributed by atoms with Crippen molar-refractivity contribution < 1.29 is 9.53 Å². The Balaban J connectivity index is 1.95. The number of nitrogens with one attached hydrogen (secondary N) is 1. The maximum atomic E-state index is 10.9. The van der Waals surface area contributed by atoms with Crippen LogP contribution in [0.15, 0.2) is 48.1 Å². The van der Waals surface area contributed by atoms with E-state index < -0.39 is 0 Å². The van der Waals surface area contributed by atoms with Crippen molar-refractivity contribution in [1.29, 1.82) is 0 Å². The molecule has 0 bridgehead atoms. The van der Waals surface area contributed by atoms with Gasteiger partial charge < -0.3 is 4.74 Å². The Morgan fingerprint density at radius 1 is 1.26 bits per heavy atom. The molecule has 0 atom stereocenters. The van der Waals surface area contributed by atoms with E-state index in [4.69, 9.17) is 4.74 Å². The lowest BCUT2D eigenvalue weighted by molar-refractivity contribution is -0.121. The maximum Gasteiger partial charge on any atom is 0.240 e. The molecular weight excluding hydrogens is 240 g/mol. The molecular formula is C15H16N2O2. The van der Waals surface area contributed by atoms with Crippen LogP contribution in [0.25, 0.3) is 6.08 Å². The third kappa shape index (κ3) is 4.10. The average molecular weight is 256 g/mol. The van der Waals surface area contributed by atoms with Gasteiger partial charge in [0.2, 0.25) is 5.91 Å². The van der Waals surface area contributed by atoms with Crippen molar-refractivity contribution in [2.45, 2.75) is 12.8 Å². The fourth-order valence-electron chi connectivity index (χ4n) is 1.63. The molecule has 0 unspecified atom stereocenters. The Labute approximate surface area is 112 Å². The van der Waals surface area contributed by atoms with Gasteiger partial charge in [-0.15, -0.1) is 0 Å². The topological polar surface area (TPSA) is 50.7 Å². The number of ether oxygens (including phenoxy) is 1. The van der Waals surface area contributed by atoms with Crippen LogP contribution in [-0.2, 0) is 4.79 Å². The van der Waals surface area contributed by atoms with Gasteiger partial charge in [-0.3, -0.25) is 4.79 Å². The monoisotopic (exact) mass is 256 g/mol. The molecule has 1 aromatic carbocycles. The van der Waals surface area contributed by atoms with Crippen molar-refractivity contribution in [3.8, 4) is 5.75 Å². The number of hydrogen-bond donors (Lipinski definition) is 1. The number of amides is 1. The van der Waals surface area contributed by atoms with Crippen LogP contribution in [0.1, 0.15) is 18.4 Å². The third-order valence-corrected chi connectivity index (χ3v) is 2.65. The number of carbonyl (C=O) groups is 1. The van der Waals surface area contributed by atoms with Gasteiger partial charge in [0.05, 0.1) is 5.71 Å². The highest BCUT2D eigenvalue weighted by Gasteiger charge is 2.08. The fourth-order valence-corrected chi connectivity index (χ4v) is 1.63. The summed E-state index contributed by atoms with van der Waals surface area (Å²) in [5.41, 5.74) is 4.41. The van der Waals surface area contributed by atoms with Crippen molar-refractivity contribution in [3.05, 3.63) is 48.6 Å². The largest absolute Gasteiger partial charge is 0.490 e. The minimum absolute atomic E-state index is 0.0270. The van der Waals surface area contributed by atoms with Crippen LogP contribution in [0.2, 0.25) is 0 Å². The predicted octanol–water partition coefficient (Wildman–Crippen LogP) is 2.53. The second-order valence-electron chi connectivity index (χ2n) is 4.14. The molecule has 0 saturated carbocycles.